The molecule has 5 rings (SSSR count). The van der Waals surface area contributed by atoms with Gasteiger partial charge in [0, 0.05) is 29.4 Å². The summed E-state index contributed by atoms with van der Waals surface area (Å²) in [6.45, 7) is 4.89. The Labute approximate surface area is 154 Å². The molecule has 0 aliphatic carbocycles. The van der Waals surface area contributed by atoms with Crippen LogP contribution in [0.3, 0.4) is 0 Å². The number of halogens is 1. The maximum Gasteiger partial charge on any atom is 0.177 e. The van der Waals surface area contributed by atoms with Crippen LogP contribution in [-0.2, 0) is 11.3 Å². The minimum atomic E-state index is -0.228. The SMILES string of the molecule is Cc1noc(C)c1-c1cnc2ncn(Cc3ccc(C4CO4)c(F)c3)c2c1. The quantitative estimate of drug-likeness (QED) is 0.513. The van der Waals surface area contributed by atoms with Crippen LogP contribution in [0.4, 0.5) is 4.39 Å². The molecule has 1 fully saturated rings. The van der Waals surface area contributed by atoms with Crippen molar-refractivity contribution in [2.45, 2.75) is 26.5 Å². The van der Waals surface area contributed by atoms with Crippen molar-refractivity contribution in [3.05, 3.63) is 65.2 Å². The zero-order chi connectivity index (χ0) is 18.5. The molecule has 3 aromatic heterocycles. The fourth-order valence-corrected chi connectivity index (χ4v) is 3.46. The molecule has 1 unspecified atom stereocenters. The molecule has 4 aromatic rings. The summed E-state index contributed by atoms with van der Waals surface area (Å²) in [6.07, 6.45) is 3.41. The molecule has 1 aliphatic rings. The van der Waals surface area contributed by atoms with Crippen molar-refractivity contribution >= 4 is 11.2 Å². The van der Waals surface area contributed by atoms with E-state index in [1.165, 1.54) is 0 Å². The minimum Gasteiger partial charge on any atom is -0.368 e. The Morgan fingerprint density at radius 2 is 2.07 bits per heavy atom. The largest absolute Gasteiger partial charge is 0.368 e. The number of aromatic nitrogens is 4. The first kappa shape index (κ1) is 16.1. The Morgan fingerprint density at radius 3 is 2.78 bits per heavy atom. The molecule has 1 atom stereocenters. The van der Waals surface area contributed by atoms with Gasteiger partial charge in [-0.15, -0.1) is 0 Å². The molecule has 0 spiro atoms. The molecule has 0 radical (unpaired) electrons. The summed E-state index contributed by atoms with van der Waals surface area (Å²) in [6, 6.07) is 7.31. The Hall–Kier alpha value is -3.06. The summed E-state index contributed by atoms with van der Waals surface area (Å²) >= 11 is 0. The molecule has 27 heavy (non-hydrogen) atoms. The van der Waals surface area contributed by atoms with E-state index in [4.69, 9.17) is 9.26 Å². The lowest BCUT2D eigenvalue weighted by Crippen LogP contribution is -2.00. The molecule has 0 saturated carbocycles. The molecule has 7 heteroatoms. The van der Waals surface area contributed by atoms with Crippen molar-refractivity contribution in [1.29, 1.82) is 0 Å². The van der Waals surface area contributed by atoms with E-state index >= 15 is 0 Å². The van der Waals surface area contributed by atoms with Gasteiger partial charge in [-0.25, -0.2) is 14.4 Å². The summed E-state index contributed by atoms with van der Waals surface area (Å²) in [5, 5.41) is 4.01. The molecule has 0 N–H and O–H groups in total. The molecular formula is C20H17FN4O2. The predicted octanol–water partition coefficient (Wildman–Crippen LogP) is 3.96. The van der Waals surface area contributed by atoms with Crippen molar-refractivity contribution in [1.82, 2.24) is 19.7 Å². The van der Waals surface area contributed by atoms with Gasteiger partial charge in [-0.2, -0.15) is 0 Å². The molecule has 4 heterocycles. The molecule has 136 valence electrons. The highest BCUT2D eigenvalue weighted by molar-refractivity contribution is 5.79. The first-order valence-corrected chi connectivity index (χ1v) is 8.74. The Balaban J connectivity index is 1.52. The van der Waals surface area contributed by atoms with Crippen molar-refractivity contribution < 1.29 is 13.7 Å². The van der Waals surface area contributed by atoms with E-state index in [1.807, 2.05) is 30.5 Å². The first-order chi connectivity index (χ1) is 13.1. The lowest BCUT2D eigenvalue weighted by Gasteiger charge is -2.07. The highest BCUT2D eigenvalue weighted by atomic mass is 19.1. The Bertz CT molecular complexity index is 1140. The fourth-order valence-electron chi connectivity index (χ4n) is 3.46. The Kier molecular flexibility index (Phi) is 3.58. The number of imidazole rings is 1. The van der Waals surface area contributed by atoms with Crippen molar-refractivity contribution in [2.24, 2.45) is 0 Å². The van der Waals surface area contributed by atoms with Crippen LogP contribution in [0.2, 0.25) is 0 Å². The number of hydrogen-bond acceptors (Lipinski definition) is 5. The number of fused-ring (bicyclic) bond motifs is 1. The number of epoxide rings is 1. The van der Waals surface area contributed by atoms with Gasteiger partial charge < -0.3 is 13.8 Å². The maximum absolute atomic E-state index is 14.3. The molecule has 1 saturated heterocycles. The second-order valence-corrected chi connectivity index (χ2v) is 6.82. The van der Waals surface area contributed by atoms with E-state index in [1.54, 1.807) is 24.7 Å². The second-order valence-electron chi connectivity index (χ2n) is 6.82. The van der Waals surface area contributed by atoms with Gasteiger partial charge >= 0.3 is 0 Å². The molecule has 0 amide bonds. The highest BCUT2D eigenvalue weighted by Gasteiger charge is 2.27. The monoisotopic (exact) mass is 364 g/mol. The van der Waals surface area contributed by atoms with Gasteiger partial charge in [0.1, 0.15) is 17.7 Å². The van der Waals surface area contributed by atoms with Crippen LogP contribution < -0.4 is 0 Å². The first-order valence-electron chi connectivity index (χ1n) is 8.74. The number of aryl methyl sites for hydroxylation is 2. The minimum absolute atomic E-state index is 0.0880. The summed E-state index contributed by atoms with van der Waals surface area (Å²) in [5.41, 5.74) is 5.69. The van der Waals surface area contributed by atoms with E-state index in [9.17, 15) is 4.39 Å². The van der Waals surface area contributed by atoms with Crippen molar-refractivity contribution in [2.75, 3.05) is 6.61 Å². The van der Waals surface area contributed by atoms with Gasteiger partial charge in [-0.05, 0) is 31.5 Å². The number of nitrogens with zero attached hydrogens (tertiary/aromatic N) is 4. The number of ether oxygens (including phenoxy) is 1. The van der Waals surface area contributed by atoms with Gasteiger partial charge in [0.2, 0.25) is 0 Å². The van der Waals surface area contributed by atoms with E-state index in [0.717, 1.165) is 33.7 Å². The number of benzene rings is 1. The number of rotatable bonds is 4. The van der Waals surface area contributed by atoms with Gasteiger partial charge in [0.25, 0.3) is 0 Å². The average Bonchev–Trinajstić information content (AvgIpc) is 3.34. The Morgan fingerprint density at radius 1 is 1.22 bits per heavy atom. The summed E-state index contributed by atoms with van der Waals surface area (Å²) < 4.78 is 26.7. The van der Waals surface area contributed by atoms with Crippen LogP contribution in [0.5, 0.6) is 0 Å². The van der Waals surface area contributed by atoms with E-state index in [0.29, 0.717) is 24.4 Å². The van der Waals surface area contributed by atoms with Gasteiger partial charge in [0.05, 0.1) is 24.1 Å². The van der Waals surface area contributed by atoms with E-state index in [2.05, 4.69) is 15.1 Å². The smallest absolute Gasteiger partial charge is 0.177 e. The maximum atomic E-state index is 14.3. The highest BCUT2D eigenvalue weighted by Crippen LogP contribution is 2.32. The molecule has 1 aromatic carbocycles. The summed E-state index contributed by atoms with van der Waals surface area (Å²) in [4.78, 5) is 8.81. The zero-order valence-corrected chi connectivity index (χ0v) is 14.9. The molecule has 1 aliphatic heterocycles. The normalized spacial score (nSPS) is 16.2. The molecule has 0 bridgehead atoms. The fraction of sp³-hybridized carbons (Fsp3) is 0.250. The topological polar surface area (TPSA) is 69.3 Å². The van der Waals surface area contributed by atoms with Crippen molar-refractivity contribution in [3.8, 4) is 11.1 Å². The van der Waals surface area contributed by atoms with Crippen LogP contribution in [0.25, 0.3) is 22.3 Å². The summed E-state index contributed by atoms with van der Waals surface area (Å²) in [5.74, 6) is 0.522. The van der Waals surface area contributed by atoms with E-state index in [-0.39, 0.29) is 11.9 Å². The van der Waals surface area contributed by atoms with Crippen molar-refractivity contribution in [3.63, 3.8) is 0 Å². The van der Waals surface area contributed by atoms with Gasteiger partial charge in [-0.3, -0.25) is 0 Å². The second kappa shape index (κ2) is 5.99. The van der Waals surface area contributed by atoms with E-state index < -0.39 is 0 Å². The number of pyridine rings is 1. The third-order valence-corrected chi connectivity index (χ3v) is 4.90. The molecular weight excluding hydrogens is 347 g/mol. The van der Waals surface area contributed by atoms with Crippen LogP contribution in [0.15, 0.2) is 41.3 Å². The van der Waals surface area contributed by atoms with Gasteiger partial charge in [-0.1, -0.05) is 17.3 Å². The number of hydrogen-bond donors (Lipinski definition) is 0. The van der Waals surface area contributed by atoms with Crippen LogP contribution in [-0.4, -0.2) is 26.3 Å². The summed E-state index contributed by atoms with van der Waals surface area (Å²) in [7, 11) is 0. The van der Waals surface area contributed by atoms with Crippen LogP contribution in [0.1, 0.15) is 28.7 Å². The lowest BCUT2D eigenvalue weighted by atomic mass is 10.1. The van der Waals surface area contributed by atoms with Crippen LogP contribution in [0, 0.1) is 19.7 Å². The lowest BCUT2D eigenvalue weighted by molar-refractivity contribution is 0.393. The third-order valence-electron chi connectivity index (χ3n) is 4.90. The zero-order valence-electron chi connectivity index (χ0n) is 14.9. The van der Waals surface area contributed by atoms with Gasteiger partial charge in [0.15, 0.2) is 5.65 Å². The third kappa shape index (κ3) is 2.80. The molecule has 6 nitrogen and oxygen atoms in total. The van der Waals surface area contributed by atoms with Crippen LogP contribution >= 0.6 is 0 Å². The predicted molar refractivity (Wildman–Crippen MR) is 96.7 cm³/mol. The average molecular weight is 364 g/mol. The standard InChI is InChI=1S/C20H17FN4O2/c1-11-19(12(2)27-24-11)14-6-17-20(22-7-14)23-10-25(17)8-13-3-4-15(16(21)5-13)18-9-26-18/h3-7,10,18H,8-9H2,1-2H3.